The van der Waals surface area contributed by atoms with Gasteiger partial charge in [0.25, 0.3) is 0 Å². The molecule has 0 spiro atoms. The molecule has 0 saturated carbocycles. The normalized spacial score (nSPS) is 12.0. The number of halogens is 1. The van der Waals surface area contributed by atoms with Crippen LogP contribution in [0.3, 0.4) is 0 Å². The van der Waals surface area contributed by atoms with E-state index in [4.69, 9.17) is 9.47 Å². The molecule has 0 heterocycles. The summed E-state index contributed by atoms with van der Waals surface area (Å²) in [6.07, 6.45) is -0.752. The van der Waals surface area contributed by atoms with Crippen LogP contribution < -0.4 is 9.47 Å². The van der Waals surface area contributed by atoms with Gasteiger partial charge in [0.05, 0.1) is 14.2 Å². The SMILES string of the molecule is COc1ccc(OC)c([C@H](O)c2ccc(Br)cc2)c1. The van der Waals surface area contributed by atoms with Gasteiger partial charge in [0.1, 0.15) is 17.6 Å². The molecule has 2 rings (SSSR count). The van der Waals surface area contributed by atoms with Crippen LogP contribution in [0.5, 0.6) is 11.5 Å². The highest BCUT2D eigenvalue weighted by Crippen LogP contribution is 2.33. The lowest BCUT2D eigenvalue weighted by atomic mass is 10.0. The number of benzene rings is 2. The van der Waals surface area contributed by atoms with Gasteiger partial charge in [0, 0.05) is 10.0 Å². The van der Waals surface area contributed by atoms with Crippen molar-refractivity contribution in [3.05, 3.63) is 58.1 Å². The number of aliphatic hydroxyl groups excluding tert-OH is 1. The van der Waals surface area contributed by atoms with Crippen LogP contribution in [0.4, 0.5) is 0 Å². The molecule has 0 aliphatic carbocycles. The molecule has 0 aromatic heterocycles. The molecule has 100 valence electrons. The molecule has 4 heteroatoms. The van der Waals surface area contributed by atoms with Gasteiger partial charge in [-0.25, -0.2) is 0 Å². The standard InChI is InChI=1S/C15H15BrO3/c1-18-12-7-8-14(19-2)13(9-12)15(17)10-3-5-11(16)6-4-10/h3-9,15,17H,1-2H3/t15-/m1/s1. The first kappa shape index (κ1) is 13.9. The number of aliphatic hydroxyl groups is 1. The Labute approximate surface area is 120 Å². The molecular formula is C15H15BrO3. The van der Waals surface area contributed by atoms with E-state index in [9.17, 15) is 5.11 Å². The molecule has 0 aliphatic rings. The van der Waals surface area contributed by atoms with E-state index in [0.717, 1.165) is 10.0 Å². The van der Waals surface area contributed by atoms with Gasteiger partial charge in [-0.3, -0.25) is 0 Å². The van der Waals surface area contributed by atoms with Gasteiger partial charge < -0.3 is 14.6 Å². The molecule has 0 unspecified atom stereocenters. The van der Waals surface area contributed by atoms with Crippen LogP contribution in [-0.2, 0) is 0 Å². The maximum absolute atomic E-state index is 10.5. The summed E-state index contributed by atoms with van der Waals surface area (Å²) in [4.78, 5) is 0. The highest BCUT2D eigenvalue weighted by molar-refractivity contribution is 9.10. The Bertz CT molecular complexity index is 552. The second kappa shape index (κ2) is 6.08. The van der Waals surface area contributed by atoms with Gasteiger partial charge in [0.2, 0.25) is 0 Å². The van der Waals surface area contributed by atoms with Crippen LogP contribution in [-0.4, -0.2) is 19.3 Å². The van der Waals surface area contributed by atoms with E-state index in [1.54, 1.807) is 32.4 Å². The van der Waals surface area contributed by atoms with Crippen molar-refractivity contribution in [1.82, 2.24) is 0 Å². The van der Waals surface area contributed by atoms with Crippen molar-refractivity contribution in [2.45, 2.75) is 6.10 Å². The topological polar surface area (TPSA) is 38.7 Å². The Morgan fingerprint density at radius 3 is 2.26 bits per heavy atom. The Morgan fingerprint density at radius 2 is 1.68 bits per heavy atom. The van der Waals surface area contributed by atoms with Crippen molar-refractivity contribution in [3.63, 3.8) is 0 Å². The maximum Gasteiger partial charge on any atom is 0.125 e. The number of methoxy groups -OCH3 is 2. The Morgan fingerprint density at radius 1 is 1.00 bits per heavy atom. The molecule has 2 aromatic carbocycles. The molecule has 0 saturated heterocycles. The molecule has 0 aliphatic heterocycles. The van der Waals surface area contributed by atoms with Crippen molar-refractivity contribution in [1.29, 1.82) is 0 Å². The van der Waals surface area contributed by atoms with Crippen LogP contribution in [0, 0.1) is 0 Å². The summed E-state index contributed by atoms with van der Waals surface area (Å²) >= 11 is 3.38. The van der Waals surface area contributed by atoms with E-state index in [0.29, 0.717) is 17.1 Å². The molecule has 2 aromatic rings. The fraction of sp³-hybridized carbons (Fsp3) is 0.200. The largest absolute Gasteiger partial charge is 0.497 e. The van der Waals surface area contributed by atoms with Gasteiger partial charge in [-0.1, -0.05) is 28.1 Å². The van der Waals surface area contributed by atoms with Crippen LogP contribution >= 0.6 is 15.9 Å². The van der Waals surface area contributed by atoms with E-state index in [1.807, 2.05) is 24.3 Å². The van der Waals surface area contributed by atoms with Crippen molar-refractivity contribution >= 4 is 15.9 Å². The molecule has 0 fully saturated rings. The molecule has 3 nitrogen and oxygen atoms in total. The van der Waals surface area contributed by atoms with Crippen LogP contribution in [0.25, 0.3) is 0 Å². The van der Waals surface area contributed by atoms with E-state index in [1.165, 1.54) is 0 Å². The second-order valence-electron chi connectivity index (χ2n) is 4.06. The summed E-state index contributed by atoms with van der Waals surface area (Å²) in [5.74, 6) is 1.32. The van der Waals surface area contributed by atoms with Crippen molar-refractivity contribution in [2.24, 2.45) is 0 Å². The predicted molar refractivity (Wildman–Crippen MR) is 77.7 cm³/mol. The van der Waals surface area contributed by atoms with Gasteiger partial charge in [0.15, 0.2) is 0 Å². The minimum atomic E-state index is -0.752. The lowest BCUT2D eigenvalue weighted by molar-refractivity contribution is 0.214. The first-order valence-corrected chi connectivity index (χ1v) is 6.60. The minimum Gasteiger partial charge on any atom is -0.497 e. The molecule has 0 bridgehead atoms. The summed E-state index contributed by atoms with van der Waals surface area (Å²) in [6.45, 7) is 0. The zero-order valence-electron chi connectivity index (χ0n) is 10.8. The van der Waals surface area contributed by atoms with Gasteiger partial charge >= 0.3 is 0 Å². The van der Waals surface area contributed by atoms with Crippen molar-refractivity contribution in [2.75, 3.05) is 14.2 Å². The van der Waals surface area contributed by atoms with E-state index in [-0.39, 0.29) is 0 Å². The van der Waals surface area contributed by atoms with Crippen molar-refractivity contribution in [3.8, 4) is 11.5 Å². The summed E-state index contributed by atoms with van der Waals surface area (Å²) in [6, 6.07) is 12.9. The monoisotopic (exact) mass is 322 g/mol. The maximum atomic E-state index is 10.5. The van der Waals surface area contributed by atoms with Crippen LogP contribution in [0.2, 0.25) is 0 Å². The highest BCUT2D eigenvalue weighted by Gasteiger charge is 2.16. The Balaban J connectivity index is 2.41. The third-order valence-corrected chi connectivity index (χ3v) is 3.45. The number of hydrogen-bond donors (Lipinski definition) is 1. The third kappa shape index (κ3) is 3.08. The molecule has 0 radical (unpaired) electrons. The summed E-state index contributed by atoms with van der Waals surface area (Å²) in [7, 11) is 3.18. The lowest BCUT2D eigenvalue weighted by Gasteiger charge is -2.16. The number of ether oxygens (including phenoxy) is 2. The lowest BCUT2D eigenvalue weighted by Crippen LogP contribution is -2.03. The smallest absolute Gasteiger partial charge is 0.125 e. The predicted octanol–water partition coefficient (Wildman–Crippen LogP) is 3.55. The average molecular weight is 323 g/mol. The number of hydrogen-bond acceptors (Lipinski definition) is 3. The first-order chi connectivity index (χ1) is 9.15. The number of rotatable bonds is 4. The van der Waals surface area contributed by atoms with Crippen LogP contribution in [0.1, 0.15) is 17.2 Å². The van der Waals surface area contributed by atoms with Gasteiger partial charge in [-0.05, 0) is 35.9 Å². The second-order valence-corrected chi connectivity index (χ2v) is 4.98. The Kier molecular flexibility index (Phi) is 4.45. The summed E-state index contributed by atoms with van der Waals surface area (Å²) in [5.41, 5.74) is 1.49. The third-order valence-electron chi connectivity index (χ3n) is 2.92. The fourth-order valence-corrected chi connectivity index (χ4v) is 2.14. The fourth-order valence-electron chi connectivity index (χ4n) is 1.88. The zero-order valence-corrected chi connectivity index (χ0v) is 12.3. The van der Waals surface area contributed by atoms with Crippen molar-refractivity contribution < 1.29 is 14.6 Å². The first-order valence-electron chi connectivity index (χ1n) is 5.81. The quantitative estimate of drug-likeness (QED) is 0.935. The van der Waals surface area contributed by atoms with Gasteiger partial charge in [-0.15, -0.1) is 0 Å². The van der Waals surface area contributed by atoms with Gasteiger partial charge in [-0.2, -0.15) is 0 Å². The summed E-state index contributed by atoms with van der Waals surface area (Å²) < 4.78 is 11.4. The van der Waals surface area contributed by atoms with E-state index >= 15 is 0 Å². The molecule has 1 N–H and O–H groups in total. The molecule has 19 heavy (non-hydrogen) atoms. The zero-order chi connectivity index (χ0) is 13.8. The Hall–Kier alpha value is -1.52. The molecule has 0 amide bonds. The van der Waals surface area contributed by atoms with Crippen LogP contribution in [0.15, 0.2) is 46.9 Å². The molecule has 1 atom stereocenters. The summed E-state index contributed by atoms with van der Waals surface area (Å²) in [5, 5.41) is 10.5. The van der Waals surface area contributed by atoms with E-state index in [2.05, 4.69) is 15.9 Å². The highest BCUT2D eigenvalue weighted by atomic mass is 79.9. The molecular weight excluding hydrogens is 308 g/mol. The minimum absolute atomic E-state index is 0.635. The van der Waals surface area contributed by atoms with E-state index < -0.39 is 6.10 Å². The average Bonchev–Trinajstić information content (AvgIpc) is 2.46.